The zero-order valence-corrected chi connectivity index (χ0v) is 14.7. The Morgan fingerprint density at radius 3 is 2.76 bits per heavy atom. The summed E-state index contributed by atoms with van der Waals surface area (Å²) in [7, 11) is 1.61. The van der Waals surface area contributed by atoms with Crippen molar-refractivity contribution < 1.29 is 13.9 Å². The van der Waals surface area contributed by atoms with Gasteiger partial charge in [-0.05, 0) is 55.2 Å². The molecule has 1 fully saturated rings. The summed E-state index contributed by atoms with van der Waals surface area (Å²) in [6.07, 6.45) is 5.43. The number of hydrogen-bond acceptors (Lipinski definition) is 4. The van der Waals surface area contributed by atoms with Crippen LogP contribution in [0.2, 0.25) is 0 Å². The summed E-state index contributed by atoms with van der Waals surface area (Å²) in [4.78, 5) is 14.2. The fraction of sp³-hybridized carbons (Fsp3) is 0.350. The van der Waals surface area contributed by atoms with Crippen LogP contribution in [0.3, 0.4) is 0 Å². The Morgan fingerprint density at radius 1 is 1.28 bits per heavy atom. The van der Waals surface area contributed by atoms with E-state index in [-0.39, 0.29) is 5.91 Å². The molecule has 0 atom stereocenters. The molecule has 1 aromatic carbocycles. The molecule has 2 N–H and O–H groups in total. The van der Waals surface area contributed by atoms with Gasteiger partial charge < -0.3 is 19.8 Å². The van der Waals surface area contributed by atoms with Crippen LogP contribution >= 0.6 is 0 Å². The predicted octanol–water partition coefficient (Wildman–Crippen LogP) is 3.81. The van der Waals surface area contributed by atoms with E-state index >= 15 is 0 Å². The van der Waals surface area contributed by atoms with E-state index in [0.29, 0.717) is 28.9 Å². The molecule has 2 heterocycles. The molecule has 132 valence electrons. The molecular weight excluding hydrogens is 316 g/mol. The third-order valence-corrected chi connectivity index (χ3v) is 4.60. The molecule has 0 saturated carbocycles. The van der Waals surface area contributed by atoms with Crippen LogP contribution in [-0.4, -0.2) is 31.0 Å². The van der Waals surface area contributed by atoms with Crippen molar-refractivity contribution in [3.8, 4) is 17.1 Å². The van der Waals surface area contributed by atoms with Crippen molar-refractivity contribution in [1.29, 1.82) is 0 Å². The number of hydrogen-bond donors (Lipinski definition) is 1. The standard InChI is InChI=1S/C20H24N2O3/c1-14-9-11-22(12-10-14)20(23)8-5-16-4-7-19(25-16)17-13-15(21)3-6-18(17)24-2/h3-8,13-14H,9-12,21H2,1-2H3/b8-5+. The summed E-state index contributed by atoms with van der Waals surface area (Å²) < 4.78 is 11.2. The lowest BCUT2D eigenvalue weighted by atomic mass is 9.99. The number of amides is 1. The summed E-state index contributed by atoms with van der Waals surface area (Å²) in [5, 5.41) is 0. The van der Waals surface area contributed by atoms with E-state index in [9.17, 15) is 4.79 Å². The van der Waals surface area contributed by atoms with Crippen molar-refractivity contribution in [3.63, 3.8) is 0 Å². The van der Waals surface area contributed by atoms with Crippen LogP contribution in [0.4, 0.5) is 5.69 Å². The van der Waals surface area contributed by atoms with Crippen LogP contribution in [0.5, 0.6) is 5.75 Å². The maximum atomic E-state index is 12.3. The fourth-order valence-corrected chi connectivity index (χ4v) is 2.99. The van der Waals surface area contributed by atoms with Crippen molar-refractivity contribution in [3.05, 3.63) is 42.2 Å². The lowest BCUT2D eigenvalue weighted by Crippen LogP contribution is -2.36. The number of methoxy groups -OCH3 is 1. The summed E-state index contributed by atoms with van der Waals surface area (Å²) in [5.41, 5.74) is 7.28. The number of furan rings is 1. The highest BCUT2D eigenvalue weighted by atomic mass is 16.5. The normalized spacial score (nSPS) is 15.7. The molecule has 0 unspecified atom stereocenters. The van der Waals surface area contributed by atoms with Crippen molar-refractivity contribution in [2.24, 2.45) is 5.92 Å². The number of nitrogens with two attached hydrogens (primary N) is 1. The summed E-state index contributed by atoms with van der Waals surface area (Å²) in [6, 6.07) is 9.09. The van der Waals surface area contributed by atoms with E-state index in [4.69, 9.17) is 14.9 Å². The number of carbonyl (C=O) groups is 1. The number of nitrogen functional groups attached to an aromatic ring is 1. The molecule has 25 heavy (non-hydrogen) atoms. The van der Waals surface area contributed by atoms with Crippen LogP contribution in [0.1, 0.15) is 25.5 Å². The second kappa shape index (κ2) is 7.47. The zero-order chi connectivity index (χ0) is 17.8. The van der Waals surface area contributed by atoms with Gasteiger partial charge in [-0.15, -0.1) is 0 Å². The Kier molecular flexibility index (Phi) is 5.12. The molecule has 1 saturated heterocycles. The predicted molar refractivity (Wildman–Crippen MR) is 99.1 cm³/mol. The van der Waals surface area contributed by atoms with E-state index < -0.39 is 0 Å². The number of anilines is 1. The van der Waals surface area contributed by atoms with Crippen molar-refractivity contribution in [1.82, 2.24) is 4.90 Å². The number of benzene rings is 1. The van der Waals surface area contributed by atoms with Gasteiger partial charge in [0.2, 0.25) is 5.91 Å². The molecule has 0 bridgehead atoms. The number of ether oxygens (including phenoxy) is 1. The van der Waals surface area contributed by atoms with Crippen LogP contribution in [0.15, 0.2) is 40.8 Å². The molecule has 1 aliphatic rings. The minimum Gasteiger partial charge on any atom is -0.496 e. The Labute approximate surface area is 148 Å². The van der Waals surface area contributed by atoms with Gasteiger partial charge in [0.15, 0.2) is 0 Å². The maximum Gasteiger partial charge on any atom is 0.246 e. The molecule has 5 nitrogen and oxygen atoms in total. The van der Waals surface area contributed by atoms with Gasteiger partial charge in [0, 0.05) is 24.9 Å². The Hall–Kier alpha value is -2.69. The summed E-state index contributed by atoms with van der Waals surface area (Å²) >= 11 is 0. The topological polar surface area (TPSA) is 68.7 Å². The number of rotatable bonds is 4. The van der Waals surface area contributed by atoms with Crippen molar-refractivity contribution in [2.75, 3.05) is 25.9 Å². The molecule has 3 rings (SSSR count). The molecule has 1 aromatic heterocycles. The molecule has 0 radical (unpaired) electrons. The number of likely N-dealkylation sites (tertiary alicyclic amines) is 1. The minimum absolute atomic E-state index is 0.0337. The fourth-order valence-electron chi connectivity index (χ4n) is 2.99. The molecule has 1 aliphatic heterocycles. The van der Waals surface area contributed by atoms with Crippen LogP contribution in [0, 0.1) is 5.92 Å². The Morgan fingerprint density at radius 2 is 2.04 bits per heavy atom. The van der Waals surface area contributed by atoms with Gasteiger partial charge in [-0.3, -0.25) is 4.79 Å². The number of carbonyl (C=O) groups excluding carboxylic acids is 1. The van der Waals surface area contributed by atoms with Gasteiger partial charge in [0.05, 0.1) is 12.7 Å². The van der Waals surface area contributed by atoms with Gasteiger partial charge >= 0.3 is 0 Å². The lowest BCUT2D eigenvalue weighted by Gasteiger charge is -2.29. The van der Waals surface area contributed by atoms with Crippen molar-refractivity contribution >= 4 is 17.7 Å². The highest BCUT2D eigenvalue weighted by Crippen LogP contribution is 2.33. The Balaban J connectivity index is 1.71. The van der Waals surface area contributed by atoms with E-state index in [1.165, 1.54) is 0 Å². The quantitative estimate of drug-likeness (QED) is 0.679. The highest BCUT2D eigenvalue weighted by Gasteiger charge is 2.18. The van der Waals surface area contributed by atoms with Gasteiger partial charge in [0.25, 0.3) is 0 Å². The van der Waals surface area contributed by atoms with Crippen LogP contribution in [-0.2, 0) is 4.79 Å². The number of piperidine rings is 1. The van der Waals surface area contributed by atoms with Crippen LogP contribution < -0.4 is 10.5 Å². The minimum atomic E-state index is 0.0337. The average molecular weight is 340 g/mol. The van der Waals surface area contributed by atoms with Gasteiger partial charge in [-0.25, -0.2) is 0 Å². The van der Waals surface area contributed by atoms with E-state index in [0.717, 1.165) is 31.5 Å². The molecule has 0 spiro atoms. The third-order valence-electron chi connectivity index (χ3n) is 4.60. The van der Waals surface area contributed by atoms with Crippen LogP contribution in [0.25, 0.3) is 17.4 Å². The zero-order valence-electron chi connectivity index (χ0n) is 14.7. The molecule has 5 heteroatoms. The highest BCUT2D eigenvalue weighted by molar-refractivity contribution is 5.91. The lowest BCUT2D eigenvalue weighted by molar-refractivity contribution is -0.127. The van der Waals surface area contributed by atoms with Gasteiger partial charge in [-0.2, -0.15) is 0 Å². The first kappa shape index (κ1) is 17.1. The van der Waals surface area contributed by atoms with E-state index in [1.54, 1.807) is 25.3 Å². The smallest absolute Gasteiger partial charge is 0.246 e. The average Bonchev–Trinajstić information content (AvgIpc) is 3.09. The van der Waals surface area contributed by atoms with Gasteiger partial charge in [-0.1, -0.05) is 6.92 Å². The largest absolute Gasteiger partial charge is 0.496 e. The summed E-state index contributed by atoms with van der Waals surface area (Å²) in [5.74, 6) is 2.71. The SMILES string of the molecule is COc1ccc(N)cc1-c1ccc(/C=C/C(=O)N2CCC(C)CC2)o1. The molecule has 2 aromatic rings. The first-order valence-electron chi connectivity index (χ1n) is 8.57. The first-order chi connectivity index (χ1) is 12.1. The second-order valence-corrected chi connectivity index (χ2v) is 6.50. The van der Waals surface area contributed by atoms with E-state index in [2.05, 4.69) is 6.92 Å². The monoisotopic (exact) mass is 340 g/mol. The first-order valence-corrected chi connectivity index (χ1v) is 8.57. The third kappa shape index (κ3) is 4.05. The molecular formula is C20H24N2O3. The number of nitrogens with zero attached hydrogens (tertiary/aromatic N) is 1. The Bertz CT molecular complexity index is 771. The second-order valence-electron chi connectivity index (χ2n) is 6.50. The maximum absolute atomic E-state index is 12.3. The summed E-state index contributed by atoms with van der Waals surface area (Å²) in [6.45, 7) is 3.88. The van der Waals surface area contributed by atoms with Crippen molar-refractivity contribution in [2.45, 2.75) is 19.8 Å². The molecule has 0 aliphatic carbocycles. The van der Waals surface area contributed by atoms with Gasteiger partial charge in [0.1, 0.15) is 17.3 Å². The van der Waals surface area contributed by atoms with E-state index in [1.807, 2.05) is 29.2 Å². The molecule has 1 amide bonds.